The monoisotopic (exact) mass is 290 g/mol. The predicted octanol–water partition coefficient (Wildman–Crippen LogP) is 3.38. The zero-order chi connectivity index (χ0) is 13.8. The van der Waals surface area contributed by atoms with Gasteiger partial charge in [0.15, 0.2) is 5.17 Å². The van der Waals surface area contributed by atoms with E-state index in [4.69, 9.17) is 9.73 Å². The third kappa shape index (κ3) is 3.48. The predicted molar refractivity (Wildman–Crippen MR) is 85.7 cm³/mol. The van der Waals surface area contributed by atoms with Crippen LogP contribution in [0.3, 0.4) is 0 Å². The van der Waals surface area contributed by atoms with E-state index in [1.54, 1.807) is 11.8 Å². The normalized spacial score (nSPS) is 24.8. The molecule has 1 fully saturated rings. The van der Waals surface area contributed by atoms with Crippen molar-refractivity contribution in [3.8, 4) is 5.75 Å². The molecule has 1 aromatic rings. The van der Waals surface area contributed by atoms with Crippen molar-refractivity contribution in [2.75, 3.05) is 12.4 Å². The van der Waals surface area contributed by atoms with Gasteiger partial charge < -0.3 is 10.1 Å². The Kier molecular flexibility index (Phi) is 4.51. The minimum absolute atomic E-state index is 0.532. The maximum absolute atomic E-state index is 5.74. The molecule has 0 bridgehead atoms. The smallest absolute Gasteiger partial charge is 0.157 e. The summed E-state index contributed by atoms with van der Waals surface area (Å²) in [7, 11) is 0. The van der Waals surface area contributed by atoms with E-state index in [2.05, 4.69) is 24.4 Å². The fourth-order valence-electron chi connectivity index (χ4n) is 2.79. The Hall–Kier alpha value is -1.16. The summed E-state index contributed by atoms with van der Waals surface area (Å²) in [5, 5.41) is 4.68. The van der Waals surface area contributed by atoms with Crippen molar-refractivity contribution in [1.29, 1.82) is 0 Å². The molecule has 0 amide bonds. The number of fused-ring (bicyclic) bond motifs is 1. The Morgan fingerprint density at radius 2 is 2.05 bits per heavy atom. The van der Waals surface area contributed by atoms with E-state index in [-0.39, 0.29) is 0 Å². The maximum atomic E-state index is 5.74. The highest BCUT2D eigenvalue weighted by Crippen LogP contribution is 2.26. The molecule has 1 N–H and O–H groups in total. The highest BCUT2D eigenvalue weighted by Gasteiger charge is 2.30. The third-order valence-electron chi connectivity index (χ3n) is 3.93. The van der Waals surface area contributed by atoms with Crippen molar-refractivity contribution in [3.05, 3.63) is 29.8 Å². The Labute approximate surface area is 125 Å². The van der Waals surface area contributed by atoms with E-state index in [9.17, 15) is 0 Å². The molecule has 1 aliphatic carbocycles. The highest BCUT2D eigenvalue weighted by molar-refractivity contribution is 8.13. The largest absolute Gasteiger partial charge is 0.493 e. The fraction of sp³-hybridized carbons (Fsp3) is 0.562. The van der Waals surface area contributed by atoms with Gasteiger partial charge in [-0.15, -0.1) is 0 Å². The first-order chi connectivity index (χ1) is 9.81. The standard InChI is InChI=1S/C16H22N2OS/c1-12-6-8-13(9-7-12)19-10-11-20-16-17-14-4-2-3-5-15(14)18-16/h6-9,14-15H,2-5,10-11H2,1H3,(H,17,18)/t14-,15-/m1/s1. The van der Waals surface area contributed by atoms with E-state index in [0.29, 0.717) is 12.1 Å². The van der Waals surface area contributed by atoms with Crippen LogP contribution >= 0.6 is 11.8 Å². The third-order valence-corrected chi connectivity index (χ3v) is 4.80. The van der Waals surface area contributed by atoms with Crippen LogP contribution in [-0.2, 0) is 0 Å². The summed E-state index contributed by atoms with van der Waals surface area (Å²) in [5.41, 5.74) is 1.26. The maximum Gasteiger partial charge on any atom is 0.157 e. The molecular weight excluding hydrogens is 268 g/mol. The molecule has 4 heteroatoms. The molecule has 1 heterocycles. The second-order valence-electron chi connectivity index (χ2n) is 5.55. The summed E-state index contributed by atoms with van der Waals surface area (Å²) in [6, 6.07) is 9.35. The van der Waals surface area contributed by atoms with Crippen molar-refractivity contribution in [1.82, 2.24) is 5.32 Å². The van der Waals surface area contributed by atoms with Gasteiger partial charge in [-0.2, -0.15) is 0 Å². The van der Waals surface area contributed by atoms with Crippen molar-refractivity contribution in [2.45, 2.75) is 44.7 Å². The number of aliphatic imine (C=N–C) groups is 1. The van der Waals surface area contributed by atoms with E-state index >= 15 is 0 Å². The number of hydrogen-bond donors (Lipinski definition) is 1. The molecule has 0 unspecified atom stereocenters. The van der Waals surface area contributed by atoms with Crippen LogP contribution in [0.1, 0.15) is 31.2 Å². The van der Waals surface area contributed by atoms with Crippen molar-refractivity contribution in [3.63, 3.8) is 0 Å². The molecule has 108 valence electrons. The molecule has 3 rings (SSSR count). The van der Waals surface area contributed by atoms with Crippen LogP contribution in [0.25, 0.3) is 0 Å². The molecule has 1 aliphatic heterocycles. The van der Waals surface area contributed by atoms with Gasteiger partial charge in [0.05, 0.1) is 18.7 Å². The summed E-state index contributed by atoms with van der Waals surface area (Å²) in [4.78, 5) is 4.78. The summed E-state index contributed by atoms with van der Waals surface area (Å²) in [5.74, 6) is 1.89. The van der Waals surface area contributed by atoms with Crippen LogP contribution in [-0.4, -0.2) is 29.6 Å². The number of ether oxygens (including phenoxy) is 1. The van der Waals surface area contributed by atoms with Gasteiger partial charge in [-0.25, -0.2) is 0 Å². The molecule has 2 atom stereocenters. The minimum atomic E-state index is 0.532. The summed E-state index contributed by atoms with van der Waals surface area (Å²) >= 11 is 1.79. The quantitative estimate of drug-likeness (QED) is 0.863. The van der Waals surface area contributed by atoms with Crippen molar-refractivity contribution >= 4 is 16.9 Å². The minimum Gasteiger partial charge on any atom is -0.493 e. The lowest BCUT2D eigenvalue weighted by Crippen LogP contribution is -2.36. The fourth-order valence-corrected chi connectivity index (χ4v) is 3.60. The number of nitrogens with one attached hydrogen (secondary N) is 1. The Morgan fingerprint density at radius 1 is 1.25 bits per heavy atom. The first kappa shape index (κ1) is 13.8. The van der Waals surface area contributed by atoms with Gasteiger partial charge in [-0.05, 0) is 31.9 Å². The van der Waals surface area contributed by atoms with Gasteiger partial charge in [-0.1, -0.05) is 42.3 Å². The van der Waals surface area contributed by atoms with Crippen molar-refractivity contribution in [2.24, 2.45) is 4.99 Å². The van der Waals surface area contributed by atoms with Crippen LogP contribution in [0, 0.1) is 6.92 Å². The molecule has 3 nitrogen and oxygen atoms in total. The van der Waals surface area contributed by atoms with E-state index in [1.165, 1.54) is 31.2 Å². The molecule has 2 aliphatic rings. The van der Waals surface area contributed by atoms with Gasteiger partial charge in [0, 0.05) is 5.75 Å². The molecule has 0 radical (unpaired) electrons. The number of amidine groups is 1. The topological polar surface area (TPSA) is 33.6 Å². The lowest BCUT2D eigenvalue weighted by Gasteiger charge is -2.23. The molecule has 0 aromatic heterocycles. The van der Waals surface area contributed by atoms with Gasteiger partial charge in [0.2, 0.25) is 0 Å². The van der Waals surface area contributed by atoms with E-state index < -0.39 is 0 Å². The van der Waals surface area contributed by atoms with Crippen LogP contribution in [0.5, 0.6) is 5.75 Å². The van der Waals surface area contributed by atoms with Gasteiger partial charge in [0.25, 0.3) is 0 Å². The molecule has 1 saturated carbocycles. The first-order valence-electron chi connectivity index (χ1n) is 7.48. The van der Waals surface area contributed by atoms with Crippen LogP contribution in [0.2, 0.25) is 0 Å². The van der Waals surface area contributed by atoms with Crippen LogP contribution < -0.4 is 10.1 Å². The number of thioether (sulfide) groups is 1. The zero-order valence-electron chi connectivity index (χ0n) is 12.0. The average Bonchev–Trinajstić information content (AvgIpc) is 2.88. The molecule has 0 saturated heterocycles. The zero-order valence-corrected chi connectivity index (χ0v) is 12.8. The summed E-state index contributed by atoms with van der Waals surface area (Å²) in [6.07, 6.45) is 5.21. The number of aryl methyl sites for hydroxylation is 1. The van der Waals surface area contributed by atoms with E-state index in [1.807, 2.05) is 12.1 Å². The number of rotatable bonds is 4. The molecule has 0 spiro atoms. The average molecular weight is 290 g/mol. The second-order valence-corrected chi connectivity index (χ2v) is 6.63. The van der Waals surface area contributed by atoms with E-state index in [0.717, 1.165) is 23.3 Å². The number of hydrogen-bond acceptors (Lipinski definition) is 4. The van der Waals surface area contributed by atoms with Crippen LogP contribution in [0.4, 0.5) is 0 Å². The number of nitrogens with zero attached hydrogens (tertiary/aromatic N) is 1. The summed E-state index contributed by atoms with van der Waals surface area (Å²) in [6.45, 7) is 2.81. The molecule has 20 heavy (non-hydrogen) atoms. The van der Waals surface area contributed by atoms with Gasteiger partial charge in [0.1, 0.15) is 5.75 Å². The van der Waals surface area contributed by atoms with Gasteiger partial charge >= 0.3 is 0 Å². The molecular formula is C16H22N2OS. The lowest BCUT2D eigenvalue weighted by molar-refractivity contribution is 0.344. The SMILES string of the molecule is Cc1ccc(OCCSC2=N[C@@H]3CCCC[C@H]3N2)cc1. The Bertz CT molecular complexity index is 472. The van der Waals surface area contributed by atoms with Crippen molar-refractivity contribution < 1.29 is 4.74 Å². The first-order valence-corrected chi connectivity index (χ1v) is 8.46. The number of benzene rings is 1. The van der Waals surface area contributed by atoms with Gasteiger partial charge in [-0.3, -0.25) is 4.99 Å². The molecule has 1 aromatic carbocycles. The lowest BCUT2D eigenvalue weighted by atomic mass is 9.92. The van der Waals surface area contributed by atoms with Crippen LogP contribution in [0.15, 0.2) is 29.3 Å². The Balaban J connectivity index is 1.39. The Morgan fingerprint density at radius 3 is 2.85 bits per heavy atom. The summed E-state index contributed by atoms with van der Waals surface area (Å²) < 4.78 is 5.74. The highest BCUT2D eigenvalue weighted by atomic mass is 32.2. The second kappa shape index (κ2) is 6.53.